The number of aromatic nitrogens is 1. The van der Waals surface area contributed by atoms with E-state index < -0.39 is 11.5 Å². The van der Waals surface area contributed by atoms with Crippen molar-refractivity contribution in [3.63, 3.8) is 0 Å². The third kappa shape index (κ3) is 4.79. The van der Waals surface area contributed by atoms with E-state index in [9.17, 15) is 14.4 Å². The highest BCUT2D eigenvalue weighted by Gasteiger charge is 2.13. The van der Waals surface area contributed by atoms with Gasteiger partial charge in [0.1, 0.15) is 11.3 Å². The van der Waals surface area contributed by atoms with Crippen molar-refractivity contribution in [2.45, 2.75) is 12.8 Å². The maximum Gasteiger partial charge on any atom is 0.360 e. The second kappa shape index (κ2) is 8.71. The largest absolute Gasteiger partial charge is 0.421 e. The van der Waals surface area contributed by atoms with Crippen LogP contribution in [-0.2, 0) is 22.4 Å². The molecule has 8 heteroatoms. The van der Waals surface area contributed by atoms with E-state index in [1.807, 2.05) is 36.4 Å². The van der Waals surface area contributed by atoms with Gasteiger partial charge in [-0.15, -0.1) is 11.3 Å². The first-order valence-electron chi connectivity index (χ1n) is 9.18. The molecule has 4 rings (SSSR count). The molecule has 0 fully saturated rings. The van der Waals surface area contributed by atoms with Crippen LogP contribution in [0.4, 0.5) is 10.8 Å². The topological polar surface area (TPSA) is 101 Å². The quantitative estimate of drug-likeness (QED) is 0.465. The van der Waals surface area contributed by atoms with Crippen molar-refractivity contribution in [3.8, 4) is 0 Å². The van der Waals surface area contributed by atoms with Crippen molar-refractivity contribution in [2.24, 2.45) is 0 Å². The predicted octanol–water partition coefficient (Wildman–Crippen LogP) is 3.61. The lowest BCUT2D eigenvalue weighted by Crippen LogP contribution is -2.19. The molecule has 2 aromatic carbocycles. The Labute approximate surface area is 175 Å². The first-order chi connectivity index (χ1) is 14.6. The molecule has 0 spiro atoms. The normalized spacial score (nSPS) is 10.7. The third-order valence-electron chi connectivity index (χ3n) is 4.26. The molecule has 150 valence electrons. The van der Waals surface area contributed by atoms with Crippen LogP contribution in [0.2, 0.25) is 0 Å². The van der Waals surface area contributed by atoms with Crippen molar-refractivity contribution in [3.05, 3.63) is 87.7 Å². The Hall–Kier alpha value is -3.78. The van der Waals surface area contributed by atoms with Crippen molar-refractivity contribution in [1.82, 2.24) is 4.98 Å². The summed E-state index contributed by atoms with van der Waals surface area (Å²) in [5.41, 5.74) is 1.31. The zero-order valence-corrected chi connectivity index (χ0v) is 16.6. The molecule has 0 atom stereocenters. The Morgan fingerprint density at radius 2 is 1.67 bits per heavy atom. The molecule has 0 radical (unpaired) electrons. The minimum absolute atomic E-state index is 0.0304. The van der Waals surface area contributed by atoms with Gasteiger partial charge in [0.05, 0.1) is 18.5 Å². The molecule has 0 saturated heterocycles. The lowest BCUT2D eigenvalue weighted by atomic mass is 10.1. The van der Waals surface area contributed by atoms with E-state index >= 15 is 0 Å². The van der Waals surface area contributed by atoms with Crippen LogP contribution in [0, 0.1) is 0 Å². The molecule has 4 aromatic rings. The Morgan fingerprint density at radius 3 is 2.50 bits per heavy atom. The van der Waals surface area contributed by atoms with E-state index in [1.165, 1.54) is 11.3 Å². The van der Waals surface area contributed by atoms with E-state index in [0.29, 0.717) is 21.8 Å². The summed E-state index contributed by atoms with van der Waals surface area (Å²) in [4.78, 5) is 40.8. The molecule has 0 aliphatic rings. The Balaban J connectivity index is 1.36. The molecule has 2 aromatic heterocycles. The summed E-state index contributed by atoms with van der Waals surface area (Å²) >= 11 is 1.24. The number of fused-ring (bicyclic) bond motifs is 1. The number of nitrogens with one attached hydrogen (secondary N) is 2. The summed E-state index contributed by atoms with van der Waals surface area (Å²) in [6, 6.07) is 18.0. The minimum Gasteiger partial charge on any atom is -0.421 e. The number of rotatable bonds is 6. The van der Waals surface area contributed by atoms with Gasteiger partial charge in [-0.05, 0) is 17.7 Å². The first kappa shape index (κ1) is 19.5. The number of amides is 2. The van der Waals surface area contributed by atoms with Crippen LogP contribution in [-0.4, -0.2) is 16.8 Å². The molecule has 0 unspecified atom stereocenters. The van der Waals surface area contributed by atoms with E-state index in [0.717, 1.165) is 5.56 Å². The molecule has 2 N–H and O–H groups in total. The number of benzene rings is 2. The summed E-state index contributed by atoms with van der Waals surface area (Å²) in [6.45, 7) is 0. The smallest absolute Gasteiger partial charge is 0.360 e. The van der Waals surface area contributed by atoms with E-state index in [4.69, 9.17) is 4.42 Å². The van der Waals surface area contributed by atoms with Gasteiger partial charge >= 0.3 is 5.63 Å². The predicted molar refractivity (Wildman–Crippen MR) is 116 cm³/mol. The standard InChI is InChI=1S/C22H17N3O4S/c26-19(10-14-6-2-1-3-7-14)25-22-23-16(13-30-22)12-20(27)24-17-11-15-8-4-5-9-18(15)29-21(17)28/h1-9,11,13H,10,12H2,(H,24,27)(H,23,25,26). The Kier molecular flexibility index (Phi) is 5.67. The van der Waals surface area contributed by atoms with Gasteiger partial charge in [0.25, 0.3) is 0 Å². The Morgan fingerprint density at radius 1 is 0.933 bits per heavy atom. The number of nitrogens with zero attached hydrogens (tertiary/aromatic N) is 1. The number of carbonyl (C=O) groups excluding carboxylic acids is 2. The minimum atomic E-state index is -0.616. The van der Waals surface area contributed by atoms with Gasteiger partial charge in [-0.25, -0.2) is 9.78 Å². The molecule has 7 nitrogen and oxygen atoms in total. The summed E-state index contributed by atoms with van der Waals surface area (Å²) in [5.74, 6) is -0.578. The highest BCUT2D eigenvalue weighted by molar-refractivity contribution is 7.13. The van der Waals surface area contributed by atoms with Gasteiger partial charge in [0.15, 0.2) is 5.13 Å². The fourth-order valence-corrected chi connectivity index (χ4v) is 3.62. The Bertz CT molecular complexity index is 1260. The average molecular weight is 419 g/mol. The fraction of sp³-hybridized carbons (Fsp3) is 0.0909. The third-order valence-corrected chi connectivity index (χ3v) is 5.07. The SMILES string of the molecule is O=C(Cc1ccccc1)Nc1nc(CC(=O)Nc2cc3ccccc3oc2=O)cs1. The van der Waals surface area contributed by atoms with Crippen molar-refractivity contribution in [1.29, 1.82) is 0 Å². The molecule has 2 amide bonds. The van der Waals surface area contributed by atoms with E-state index in [-0.39, 0.29) is 24.4 Å². The van der Waals surface area contributed by atoms with Gasteiger partial charge < -0.3 is 15.1 Å². The van der Waals surface area contributed by atoms with E-state index in [1.54, 1.807) is 29.6 Å². The maximum absolute atomic E-state index is 12.3. The number of thiazole rings is 1. The zero-order chi connectivity index (χ0) is 20.9. The van der Waals surface area contributed by atoms with Crippen molar-refractivity contribution in [2.75, 3.05) is 10.6 Å². The summed E-state index contributed by atoms with van der Waals surface area (Å²) in [7, 11) is 0. The van der Waals surface area contributed by atoms with E-state index in [2.05, 4.69) is 15.6 Å². The molecule has 30 heavy (non-hydrogen) atoms. The summed E-state index contributed by atoms with van der Waals surface area (Å²) < 4.78 is 5.21. The highest BCUT2D eigenvalue weighted by Crippen LogP contribution is 2.18. The second-order valence-electron chi connectivity index (χ2n) is 6.56. The number of para-hydroxylation sites is 1. The van der Waals surface area contributed by atoms with Gasteiger partial charge in [0.2, 0.25) is 11.8 Å². The number of anilines is 2. The number of hydrogen-bond donors (Lipinski definition) is 2. The number of carbonyl (C=O) groups is 2. The highest BCUT2D eigenvalue weighted by atomic mass is 32.1. The van der Waals surface area contributed by atoms with Crippen LogP contribution >= 0.6 is 11.3 Å². The zero-order valence-electron chi connectivity index (χ0n) is 15.8. The van der Waals surface area contributed by atoms with Crippen LogP contribution in [0.1, 0.15) is 11.3 Å². The number of hydrogen-bond acceptors (Lipinski definition) is 6. The van der Waals surface area contributed by atoms with Crippen LogP contribution in [0.25, 0.3) is 11.0 Å². The fourth-order valence-electron chi connectivity index (χ4n) is 2.90. The molecular weight excluding hydrogens is 402 g/mol. The molecule has 0 bridgehead atoms. The molecule has 0 aliphatic heterocycles. The van der Waals surface area contributed by atoms with Crippen molar-refractivity contribution >= 4 is 44.9 Å². The van der Waals surface area contributed by atoms with Crippen molar-refractivity contribution < 1.29 is 14.0 Å². The van der Waals surface area contributed by atoms with Crippen LogP contribution in [0.3, 0.4) is 0 Å². The van der Waals surface area contributed by atoms with Crippen LogP contribution in [0.15, 0.2) is 75.3 Å². The maximum atomic E-state index is 12.3. The first-order valence-corrected chi connectivity index (χ1v) is 10.1. The van der Waals surface area contributed by atoms with Crippen LogP contribution < -0.4 is 16.3 Å². The lowest BCUT2D eigenvalue weighted by molar-refractivity contribution is -0.116. The van der Waals surface area contributed by atoms with Crippen LogP contribution in [0.5, 0.6) is 0 Å². The summed E-state index contributed by atoms with van der Waals surface area (Å²) in [5, 5.41) is 8.13. The van der Waals surface area contributed by atoms with Gasteiger partial charge in [-0.3, -0.25) is 9.59 Å². The van der Waals surface area contributed by atoms with Gasteiger partial charge in [0, 0.05) is 10.8 Å². The molecular formula is C22H17N3O4S. The van der Waals surface area contributed by atoms with Gasteiger partial charge in [-0.2, -0.15) is 0 Å². The molecule has 0 saturated carbocycles. The lowest BCUT2D eigenvalue weighted by Gasteiger charge is -2.04. The monoisotopic (exact) mass is 419 g/mol. The molecule has 2 heterocycles. The van der Waals surface area contributed by atoms with Gasteiger partial charge in [-0.1, -0.05) is 48.5 Å². The molecule has 0 aliphatic carbocycles. The average Bonchev–Trinajstić information content (AvgIpc) is 3.15. The second-order valence-corrected chi connectivity index (χ2v) is 7.42. The summed E-state index contributed by atoms with van der Waals surface area (Å²) in [6.07, 6.45) is 0.214.